The molecule has 1 aliphatic heterocycles. The smallest absolute Gasteiger partial charge is 0.258 e. The molecule has 2 heterocycles. The molecule has 0 spiro atoms. The van der Waals surface area contributed by atoms with Crippen LogP contribution in [0.1, 0.15) is 25.7 Å². The summed E-state index contributed by atoms with van der Waals surface area (Å²) >= 11 is 0. The van der Waals surface area contributed by atoms with Crippen molar-refractivity contribution < 1.29 is 0 Å². The lowest BCUT2D eigenvalue weighted by Crippen LogP contribution is -2.44. The molecule has 1 aromatic heterocycles. The molecule has 0 saturated carbocycles. The first-order valence-corrected chi connectivity index (χ1v) is 12.1. The molecule has 166 valence electrons. The van der Waals surface area contributed by atoms with Gasteiger partial charge in [0.2, 0.25) is 0 Å². The second-order valence-corrected chi connectivity index (χ2v) is 9.24. The average molecular weight is 428 g/mol. The van der Waals surface area contributed by atoms with E-state index in [2.05, 4.69) is 59.3 Å². The number of likely N-dealkylation sites (N-methyl/N-ethyl adjacent to an activating group) is 1. The highest BCUT2D eigenvalue weighted by atomic mass is 16.1. The van der Waals surface area contributed by atoms with Crippen LogP contribution in [0.4, 0.5) is 0 Å². The molecule has 0 bridgehead atoms. The van der Waals surface area contributed by atoms with Gasteiger partial charge >= 0.3 is 0 Å². The van der Waals surface area contributed by atoms with Crippen molar-refractivity contribution in [2.24, 2.45) is 0 Å². The Morgan fingerprint density at radius 2 is 1.31 bits per heavy atom. The van der Waals surface area contributed by atoms with Crippen LogP contribution in [-0.4, -0.2) is 54.1 Å². The Balaban J connectivity index is 1.35. The summed E-state index contributed by atoms with van der Waals surface area (Å²) in [6.07, 6.45) is 4.69. The normalized spacial score (nSPS) is 15.8. The van der Waals surface area contributed by atoms with E-state index in [9.17, 15) is 4.79 Å². The third-order valence-electron chi connectivity index (χ3n) is 7.07. The van der Waals surface area contributed by atoms with E-state index in [1.807, 2.05) is 22.8 Å². The maximum atomic E-state index is 13.5. The van der Waals surface area contributed by atoms with Gasteiger partial charge in [0, 0.05) is 48.9 Å². The minimum atomic E-state index is 0.141. The fourth-order valence-corrected chi connectivity index (χ4v) is 5.16. The predicted octanol–water partition coefficient (Wildman–Crippen LogP) is 5.12. The quantitative estimate of drug-likeness (QED) is 0.303. The molecule has 4 aromatic rings. The zero-order valence-corrected chi connectivity index (χ0v) is 19.1. The van der Waals surface area contributed by atoms with E-state index in [4.69, 9.17) is 0 Å². The summed E-state index contributed by atoms with van der Waals surface area (Å²) in [6.45, 7) is 6.75. The van der Waals surface area contributed by atoms with E-state index in [-0.39, 0.29) is 5.56 Å². The summed E-state index contributed by atoms with van der Waals surface area (Å²) < 4.78 is 2.04. The molecule has 1 fully saturated rings. The first kappa shape index (κ1) is 21.2. The first-order chi connectivity index (χ1) is 15.7. The topological polar surface area (TPSA) is 28.5 Å². The van der Waals surface area contributed by atoms with Crippen LogP contribution >= 0.6 is 0 Å². The molecule has 0 amide bonds. The number of hydrogen-bond acceptors (Lipinski definition) is 3. The van der Waals surface area contributed by atoms with Gasteiger partial charge in [-0.05, 0) is 43.3 Å². The highest BCUT2D eigenvalue weighted by Gasteiger charge is 2.14. The van der Waals surface area contributed by atoms with Crippen molar-refractivity contribution in [3.8, 4) is 0 Å². The summed E-state index contributed by atoms with van der Waals surface area (Å²) in [6, 6.07) is 20.8. The van der Waals surface area contributed by atoms with Crippen LogP contribution in [0.2, 0.25) is 0 Å². The predicted molar refractivity (Wildman–Crippen MR) is 136 cm³/mol. The van der Waals surface area contributed by atoms with Crippen LogP contribution in [0.3, 0.4) is 0 Å². The molecule has 4 nitrogen and oxygen atoms in total. The zero-order valence-electron chi connectivity index (χ0n) is 19.1. The first-order valence-electron chi connectivity index (χ1n) is 12.1. The lowest BCUT2D eigenvalue weighted by Gasteiger charge is -2.32. The van der Waals surface area contributed by atoms with Crippen molar-refractivity contribution in [1.29, 1.82) is 0 Å². The Hall–Kier alpha value is -2.69. The van der Waals surface area contributed by atoms with Crippen LogP contribution in [-0.2, 0) is 6.54 Å². The Morgan fingerprint density at radius 3 is 2.09 bits per heavy atom. The van der Waals surface area contributed by atoms with Gasteiger partial charge in [0.1, 0.15) is 0 Å². The number of aryl methyl sites for hydroxylation is 1. The van der Waals surface area contributed by atoms with E-state index in [1.165, 1.54) is 68.1 Å². The fraction of sp³-hybridized carbons (Fsp3) is 0.393. The Kier molecular flexibility index (Phi) is 6.24. The summed E-state index contributed by atoms with van der Waals surface area (Å²) in [4.78, 5) is 18.5. The molecule has 5 rings (SSSR count). The Morgan fingerprint density at radius 1 is 0.656 bits per heavy atom. The average Bonchev–Trinajstić information content (AvgIpc) is 2.84. The standard InChI is InChI=1S/C28H33N3O/c1-29-18-20-30(21-19-29)16-8-2-3-9-17-31-27-23-11-5-4-10-22(23)14-15-25(27)24-12-6-7-13-26(24)28(31)32/h4-7,10-15H,2-3,8-9,16-21H2,1H3. The SMILES string of the molecule is CN1CCN(CCCCCCn2c(=O)c3ccccc3c3ccc4ccccc4c32)CC1. The summed E-state index contributed by atoms with van der Waals surface area (Å²) in [7, 11) is 2.21. The summed E-state index contributed by atoms with van der Waals surface area (Å²) in [5, 5.41) is 5.42. The second kappa shape index (κ2) is 9.43. The minimum absolute atomic E-state index is 0.141. The van der Waals surface area contributed by atoms with Gasteiger partial charge in [0.25, 0.3) is 5.56 Å². The van der Waals surface area contributed by atoms with Gasteiger partial charge in [-0.15, -0.1) is 0 Å². The van der Waals surface area contributed by atoms with Gasteiger partial charge in [0.05, 0.1) is 5.52 Å². The monoisotopic (exact) mass is 427 g/mol. The van der Waals surface area contributed by atoms with E-state index in [0.717, 1.165) is 29.3 Å². The summed E-state index contributed by atoms with van der Waals surface area (Å²) in [5.74, 6) is 0. The Labute approximate surface area is 190 Å². The van der Waals surface area contributed by atoms with Crippen LogP contribution in [0.15, 0.2) is 65.5 Å². The largest absolute Gasteiger partial charge is 0.307 e. The van der Waals surface area contributed by atoms with E-state index < -0.39 is 0 Å². The molecule has 0 atom stereocenters. The molecular formula is C28H33N3O. The highest BCUT2D eigenvalue weighted by molar-refractivity contribution is 6.15. The number of rotatable bonds is 7. The van der Waals surface area contributed by atoms with Crippen molar-refractivity contribution in [3.05, 3.63) is 71.0 Å². The second-order valence-electron chi connectivity index (χ2n) is 9.24. The van der Waals surface area contributed by atoms with Crippen molar-refractivity contribution in [2.45, 2.75) is 32.2 Å². The molecule has 0 aliphatic carbocycles. The van der Waals surface area contributed by atoms with Crippen molar-refractivity contribution in [3.63, 3.8) is 0 Å². The molecule has 0 unspecified atom stereocenters. The lowest BCUT2D eigenvalue weighted by molar-refractivity contribution is 0.152. The molecule has 0 N–H and O–H groups in total. The van der Waals surface area contributed by atoms with Crippen molar-refractivity contribution >= 4 is 32.4 Å². The minimum Gasteiger partial charge on any atom is -0.307 e. The summed E-state index contributed by atoms with van der Waals surface area (Å²) in [5.41, 5.74) is 1.23. The third-order valence-corrected chi connectivity index (χ3v) is 7.07. The maximum absolute atomic E-state index is 13.5. The zero-order chi connectivity index (χ0) is 21.9. The number of aromatic nitrogens is 1. The molecule has 0 radical (unpaired) electrons. The number of pyridine rings is 1. The molecule has 1 saturated heterocycles. The fourth-order valence-electron chi connectivity index (χ4n) is 5.16. The third kappa shape index (κ3) is 4.17. The molecule has 4 heteroatoms. The molecular weight excluding hydrogens is 394 g/mol. The van der Waals surface area contributed by atoms with Crippen LogP contribution in [0.25, 0.3) is 32.4 Å². The number of piperazine rings is 1. The van der Waals surface area contributed by atoms with Crippen molar-refractivity contribution in [2.75, 3.05) is 39.8 Å². The Bertz CT molecular complexity index is 1280. The maximum Gasteiger partial charge on any atom is 0.258 e. The number of benzene rings is 3. The van der Waals surface area contributed by atoms with Crippen molar-refractivity contribution in [1.82, 2.24) is 14.4 Å². The highest BCUT2D eigenvalue weighted by Crippen LogP contribution is 2.29. The number of nitrogens with zero attached hydrogens (tertiary/aromatic N) is 3. The van der Waals surface area contributed by atoms with Gasteiger partial charge in [-0.1, -0.05) is 67.4 Å². The molecule has 1 aliphatic rings. The number of fused-ring (bicyclic) bond motifs is 5. The van der Waals surface area contributed by atoms with Crippen LogP contribution < -0.4 is 5.56 Å². The number of unbranched alkanes of at least 4 members (excludes halogenated alkanes) is 3. The van der Waals surface area contributed by atoms with Crippen LogP contribution in [0, 0.1) is 0 Å². The van der Waals surface area contributed by atoms with E-state index in [1.54, 1.807) is 0 Å². The molecule has 32 heavy (non-hydrogen) atoms. The molecule has 3 aromatic carbocycles. The van der Waals surface area contributed by atoms with E-state index in [0.29, 0.717) is 0 Å². The van der Waals surface area contributed by atoms with Gasteiger partial charge in [0.15, 0.2) is 0 Å². The lowest BCUT2D eigenvalue weighted by atomic mass is 10.0. The van der Waals surface area contributed by atoms with Gasteiger partial charge in [-0.3, -0.25) is 4.79 Å². The van der Waals surface area contributed by atoms with Gasteiger partial charge in [-0.25, -0.2) is 0 Å². The van der Waals surface area contributed by atoms with Crippen LogP contribution in [0.5, 0.6) is 0 Å². The van der Waals surface area contributed by atoms with E-state index >= 15 is 0 Å². The van der Waals surface area contributed by atoms with Gasteiger partial charge < -0.3 is 14.4 Å². The van der Waals surface area contributed by atoms with Gasteiger partial charge in [-0.2, -0.15) is 0 Å². The number of hydrogen-bond donors (Lipinski definition) is 0.